The van der Waals surface area contributed by atoms with E-state index in [0.29, 0.717) is 22.3 Å². The van der Waals surface area contributed by atoms with E-state index >= 15 is 0 Å². The molecule has 0 fully saturated rings. The average Bonchev–Trinajstić information content (AvgIpc) is 3.30. The lowest BCUT2D eigenvalue weighted by atomic mass is 10.2. The Morgan fingerprint density at radius 3 is 2.88 bits per heavy atom. The van der Waals surface area contributed by atoms with Gasteiger partial charge in [0, 0.05) is 23.3 Å². The number of fused-ring (bicyclic) bond motifs is 1. The topological polar surface area (TPSA) is 77.6 Å². The maximum Gasteiger partial charge on any atom is 0.272 e. The molecule has 0 radical (unpaired) electrons. The second-order valence-electron chi connectivity index (χ2n) is 6.17. The highest BCUT2D eigenvalue weighted by molar-refractivity contribution is 6.35. The van der Waals surface area contributed by atoms with Crippen molar-refractivity contribution in [2.24, 2.45) is 7.05 Å². The van der Waals surface area contributed by atoms with Gasteiger partial charge in [0.05, 0.1) is 29.1 Å². The lowest BCUT2D eigenvalue weighted by Crippen LogP contribution is -2.25. The van der Waals surface area contributed by atoms with Crippen LogP contribution in [-0.4, -0.2) is 30.7 Å². The minimum absolute atomic E-state index is 0.215. The summed E-state index contributed by atoms with van der Waals surface area (Å²) in [6.07, 6.45) is 4.30. The summed E-state index contributed by atoms with van der Waals surface area (Å²) in [7, 11) is 1.78. The molecular weight excluding hydrogens is 375 g/mol. The molecule has 1 aliphatic carbocycles. The SMILES string of the molecule is Cn1nncc1CNC(=O)c1nn(-c2ccc(Cl)cc2Cl)c2c1CCC2. The number of aromatic nitrogens is 5. The van der Waals surface area contributed by atoms with Crippen LogP contribution in [0.15, 0.2) is 24.4 Å². The Labute approximate surface area is 159 Å². The van der Waals surface area contributed by atoms with Gasteiger partial charge in [0.1, 0.15) is 0 Å². The van der Waals surface area contributed by atoms with Crippen LogP contribution in [0, 0.1) is 0 Å². The Morgan fingerprint density at radius 2 is 2.15 bits per heavy atom. The van der Waals surface area contributed by atoms with Crippen LogP contribution in [0.25, 0.3) is 5.69 Å². The van der Waals surface area contributed by atoms with Crippen molar-refractivity contribution in [2.45, 2.75) is 25.8 Å². The number of carbonyl (C=O) groups excluding carboxylic acids is 1. The Bertz CT molecular complexity index is 993. The lowest BCUT2D eigenvalue weighted by molar-refractivity contribution is 0.0943. The molecule has 0 saturated heterocycles. The van der Waals surface area contributed by atoms with Gasteiger partial charge in [-0.25, -0.2) is 4.68 Å². The normalized spacial score (nSPS) is 13.0. The minimum Gasteiger partial charge on any atom is -0.345 e. The van der Waals surface area contributed by atoms with E-state index in [1.165, 1.54) is 0 Å². The Morgan fingerprint density at radius 1 is 1.31 bits per heavy atom. The Balaban J connectivity index is 1.65. The standard InChI is InChI=1S/C17H16Cl2N6O/c1-24-11(9-21-23-24)8-20-17(26)16-12-3-2-4-14(12)25(22-16)15-6-5-10(18)7-13(15)19/h5-7,9H,2-4,8H2,1H3,(H,20,26). The number of benzene rings is 1. The fourth-order valence-corrected chi connectivity index (χ4v) is 3.69. The molecule has 4 rings (SSSR count). The number of amides is 1. The number of hydrogen-bond acceptors (Lipinski definition) is 4. The third-order valence-electron chi connectivity index (χ3n) is 4.52. The van der Waals surface area contributed by atoms with Crippen LogP contribution in [0.2, 0.25) is 10.0 Å². The number of halogens is 2. The van der Waals surface area contributed by atoms with Crippen LogP contribution < -0.4 is 5.32 Å². The predicted octanol–water partition coefficient (Wildman–Crippen LogP) is 2.73. The monoisotopic (exact) mass is 390 g/mol. The second-order valence-corrected chi connectivity index (χ2v) is 7.01. The summed E-state index contributed by atoms with van der Waals surface area (Å²) in [6, 6.07) is 5.26. The minimum atomic E-state index is -0.215. The van der Waals surface area contributed by atoms with Gasteiger partial charge in [0.2, 0.25) is 0 Å². The maximum atomic E-state index is 12.7. The molecule has 1 amide bonds. The zero-order chi connectivity index (χ0) is 18.3. The molecule has 0 bridgehead atoms. The van der Waals surface area contributed by atoms with Gasteiger partial charge in [-0.05, 0) is 37.5 Å². The summed E-state index contributed by atoms with van der Waals surface area (Å²) in [5.41, 5.74) is 4.00. The molecule has 0 atom stereocenters. The zero-order valence-corrected chi connectivity index (χ0v) is 15.5. The molecule has 1 aromatic carbocycles. The van der Waals surface area contributed by atoms with Crippen molar-refractivity contribution < 1.29 is 4.79 Å². The third kappa shape index (κ3) is 2.97. The quantitative estimate of drug-likeness (QED) is 0.742. The first-order valence-electron chi connectivity index (χ1n) is 8.22. The number of carbonyl (C=O) groups is 1. The lowest BCUT2D eigenvalue weighted by Gasteiger charge is -2.08. The molecule has 2 heterocycles. The van der Waals surface area contributed by atoms with Crippen LogP contribution in [0.1, 0.15) is 33.9 Å². The number of nitrogens with one attached hydrogen (secondary N) is 1. The first-order valence-corrected chi connectivity index (χ1v) is 8.98. The van der Waals surface area contributed by atoms with Gasteiger partial charge < -0.3 is 5.32 Å². The Hall–Kier alpha value is -2.38. The summed E-state index contributed by atoms with van der Waals surface area (Å²) in [5.74, 6) is -0.215. The summed E-state index contributed by atoms with van der Waals surface area (Å²) in [5, 5.41) is 16.2. The molecule has 0 saturated carbocycles. The predicted molar refractivity (Wildman–Crippen MR) is 97.8 cm³/mol. The van der Waals surface area contributed by atoms with Crippen molar-refractivity contribution in [1.82, 2.24) is 30.1 Å². The molecule has 3 aromatic rings. The molecule has 134 valence electrons. The van der Waals surface area contributed by atoms with Gasteiger partial charge in [0.15, 0.2) is 5.69 Å². The van der Waals surface area contributed by atoms with Crippen molar-refractivity contribution in [3.05, 3.63) is 57.1 Å². The van der Waals surface area contributed by atoms with Crippen molar-refractivity contribution in [1.29, 1.82) is 0 Å². The molecule has 0 aliphatic heterocycles. The van der Waals surface area contributed by atoms with Gasteiger partial charge in [-0.3, -0.25) is 9.48 Å². The van der Waals surface area contributed by atoms with Crippen LogP contribution in [-0.2, 0) is 26.4 Å². The largest absolute Gasteiger partial charge is 0.345 e. The molecule has 0 spiro atoms. The molecule has 1 N–H and O–H groups in total. The molecule has 1 aliphatic rings. The van der Waals surface area contributed by atoms with Gasteiger partial charge in [0.25, 0.3) is 5.91 Å². The van der Waals surface area contributed by atoms with E-state index in [1.54, 1.807) is 34.7 Å². The summed E-state index contributed by atoms with van der Waals surface area (Å²) in [4.78, 5) is 12.7. The number of rotatable bonds is 4. The average molecular weight is 391 g/mol. The summed E-state index contributed by atoms with van der Waals surface area (Å²) >= 11 is 12.3. The van der Waals surface area contributed by atoms with Gasteiger partial charge >= 0.3 is 0 Å². The molecule has 0 unspecified atom stereocenters. The highest BCUT2D eigenvalue weighted by atomic mass is 35.5. The van der Waals surface area contributed by atoms with Gasteiger partial charge in [-0.1, -0.05) is 28.4 Å². The van der Waals surface area contributed by atoms with Crippen molar-refractivity contribution in [3.63, 3.8) is 0 Å². The summed E-state index contributed by atoms with van der Waals surface area (Å²) in [6.45, 7) is 0.339. The van der Waals surface area contributed by atoms with Crippen LogP contribution in [0.4, 0.5) is 0 Å². The van der Waals surface area contributed by atoms with E-state index < -0.39 is 0 Å². The molecule has 26 heavy (non-hydrogen) atoms. The number of aryl methyl sites for hydroxylation is 1. The fourth-order valence-electron chi connectivity index (χ4n) is 3.20. The molecule has 9 heteroatoms. The fraction of sp³-hybridized carbons (Fsp3) is 0.294. The third-order valence-corrected chi connectivity index (χ3v) is 5.06. The molecular formula is C17H16Cl2N6O. The van der Waals surface area contributed by atoms with Crippen molar-refractivity contribution in [3.8, 4) is 5.69 Å². The molecule has 7 nitrogen and oxygen atoms in total. The highest BCUT2D eigenvalue weighted by Crippen LogP contribution is 2.31. The van der Waals surface area contributed by atoms with E-state index in [4.69, 9.17) is 23.2 Å². The highest BCUT2D eigenvalue weighted by Gasteiger charge is 2.27. The molecule has 2 aromatic heterocycles. The van der Waals surface area contributed by atoms with E-state index in [0.717, 1.165) is 41.9 Å². The Kier molecular flexibility index (Phi) is 4.42. The van der Waals surface area contributed by atoms with Crippen LogP contribution >= 0.6 is 23.2 Å². The van der Waals surface area contributed by atoms with Gasteiger partial charge in [-0.15, -0.1) is 5.10 Å². The maximum absolute atomic E-state index is 12.7. The first-order chi connectivity index (χ1) is 12.5. The smallest absolute Gasteiger partial charge is 0.272 e. The first kappa shape index (κ1) is 17.1. The van der Waals surface area contributed by atoms with Gasteiger partial charge in [-0.2, -0.15) is 5.10 Å². The van der Waals surface area contributed by atoms with E-state index in [9.17, 15) is 4.79 Å². The van der Waals surface area contributed by atoms with Crippen LogP contribution in [0.3, 0.4) is 0 Å². The number of hydrogen-bond donors (Lipinski definition) is 1. The zero-order valence-electron chi connectivity index (χ0n) is 14.0. The van der Waals surface area contributed by atoms with E-state index in [-0.39, 0.29) is 5.91 Å². The van der Waals surface area contributed by atoms with E-state index in [1.807, 2.05) is 6.07 Å². The van der Waals surface area contributed by atoms with E-state index in [2.05, 4.69) is 20.7 Å². The number of nitrogens with zero attached hydrogens (tertiary/aromatic N) is 5. The summed E-state index contributed by atoms with van der Waals surface area (Å²) < 4.78 is 3.39. The van der Waals surface area contributed by atoms with Crippen molar-refractivity contribution in [2.75, 3.05) is 0 Å². The second kappa shape index (κ2) is 6.74. The van der Waals surface area contributed by atoms with Crippen molar-refractivity contribution >= 4 is 29.1 Å². The van der Waals surface area contributed by atoms with Crippen LogP contribution in [0.5, 0.6) is 0 Å².